The van der Waals surface area contributed by atoms with Gasteiger partial charge in [-0.2, -0.15) is 5.10 Å². The molecule has 0 bridgehead atoms. The monoisotopic (exact) mass is 238 g/mol. The molecule has 0 aliphatic carbocycles. The highest BCUT2D eigenvalue weighted by molar-refractivity contribution is 5.09. The Kier molecular flexibility index (Phi) is 4.15. The highest BCUT2D eigenvalue weighted by atomic mass is 16.5. The third kappa shape index (κ3) is 2.68. The van der Waals surface area contributed by atoms with Crippen LogP contribution >= 0.6 is 0 Å². The molecule has 0 amide bonds. The van der Waals surface area contributed by atoms with Gasteiger partial charge in [0, 0.05) is 25.8 Å². The molecule has 0 radical (unpaired) electrons. The summed E-state index contributed by atoms with van der Waals surface area (Å²) >= 11 is 0. The number of aryl methyl sites for hydroxylation is 1. The van der Waals surface area contributed by atoms with E-state index < -0.39 is 0 Å². The maximum atomic E-state index is 6.29. The summed E-state index contributed by atoms with van der Waals surface area (Å²) in [6, 6.07) is 1.90. The second-order valence-corrected chi connectivity index (χ2v) is 4.40. The van der Waals surface area contributed by atoms with E-state index in [-0.39, 0.29) is 12.1 Å². The summed E-state index contributed by atoms with van der Waals surface area (Å²) < 4.78 is 7.73. The lowest BCUT2D eigenvalue weighted by Crippen LogP contribution is -2.47. The molecule has 1 aliphatic heterocycles. The number of hydrogen-bond donors (Lipinski definition) is 1. The molecule has 2 heterocycles. The predicted molar refractivity (Wildman–Crippen MR) is 66.7 cm³/mol. The highest BCUT2D eigenvalue weighted by Gasteiger charge is 2.27. The lowest BCUT2D eigenvalue weighted by Gasteiger charge is -2.35. The summed E-state index contributed by atoms with van der Waals surface area (Å²) in [4.78, 5) is 2.38. The number of rotatable bonds is 4. The summed E-state index contributed by atoms with van der Waals surface area (Å²) in [5.41, 5.74) is 7.36. The Labute approximate surface area is 103 Å². The first-order valence-corrected chi connectivity index (χ1v) is 6.37. The second-order valence-electron chi connectivity index (χ2n) is 4.40. The Balaban J connectivity index is 2.06. The van der Waals surface area contributed by atoms with E-state index in [2.05, 4.69) is 23.8 Å². The zero-order valence-electron chi connectivity index (χ0n) is 10.7. The van der Waals surface area contributed by atoms with Crippen molar-refractivity contribution in [2.24, 2.45) is 5.73 Å². The van der Waals surface area contributed by atoms with Crippen LogP contribution in [0, 0.1) is 0 Å². The average Bonchev–Trinajstić information content (AvgIpc) is 2.86. The van der Waals surface area contributed by atoms with Crippen LogP contribution in [0.25, 0.3) is 0 Å². The molecular formula is C12H22N4O. The molecule has 1 aromatic rings. The SMILES string of the molecule is CCN1CCOC(C(N)c2ccnn2CC)C1. The predicted octanol–water partition coefficient (Wildman–Crippen LogP) is 0.623. The molecule has 1 aromatic heterocycles. The number of nitrogens with zero attached hydrogens (tertiary/aromatic N) is 3. The molecule has 5 nitrogen and oxygen atoms in total. The van der Waals surface area contributed by atoms with E-state index in [1.165, 1.54) is 0 Å². The molecule has 0 aromatic carbocycles. The minimum absolute atomic E-state index is 0.0747. The standard InChI is InChI=1S/C12H22N4O/c1-3-15-7-8-17-11(9-15)12(13)10-5-6-14-16(10)4-2/h5-6,11-12H,3-4,7-9,13H2,1-2H3. The highest BCUT2D eigenvalue weighted by Crippen LogP contribution is 2.19. The Morgan fingerprint density at radius 2 is 2.35 bits per heavy atom. The fourth-order valence-electron chi connectivity index (χ4n) is 2.32. The van der Waals surface area contributed by atoms with Crippen molar-refractivity contribution in [3.8, 4) is 0 Å². The van der Waals surface area contributed by atoms with Crippen molar-refractivity contribution in [3.05, 3.63) is 18.0 Å². The first-order valence-electron chi connectivity index (χ1n) is 6.37. The minimum Gasteiger partial charge on any atom is -0.374 e. The maximum absolute atomic E-state index is 6.29. The van der Waals surface area contributed by atoms with Crippen molar-refractivity contribution < 1.29 is 4.74 Å². The van der Waals surface area contributed by atoms with Gasteiger partial charge in [0.25, 0.3) is 0 Å². The van der Waals surface area contributed by atoms with Gasteiger partial charge in [-0.3, -0.25) is 9.58 Å². The van der Waals surface area contributed by atoms with Crippen LogP contribution in [-0.2, 0) is 11.3 Å². The van der Waals surface area contributed by atoms with E-state index >= 15 is 0 Å². The number of morpholine rings is 1. The zero-order valence-corrected chi connectivity index (χ0v) is 10.7. The molecule has 2 rings (SSSR count). The van der Waals surface area contributed by atoms with Gasteiger partial charge in [0.15, 0.2) is 0 Å². The third-order valence-electron chi connectivity index (χ3n) is 3.42. The van der Waals surface area contributed by atoms with Gasteiger partial charge in [0.1, 0.15) is 0 Å². The first kappa shape index (κ1) is 12.5. The summed E-state index contributed by atoms with van der Waals surface area (Å²) in [7, 11) is 0. The second kappa shape index (κ2) is 5.62. The van der Waals surface area contributed by atoms with Crippen LogP contribution in [0.15, 0.2) is 12.3 Å². The lowest BCUT2D eigenvalue weighted by molar-refractivity contribution is -0.0404. The molecule has 1 aliphatic rings. The van der Waals surface area contributed by atoms with E-state index in [4.69, 9.17) is 10.5 Å². The third-order valence-corrected chi connectivity index (χ3v) is 3.42. The van der Waals surface area contributed by atoms with Gasteiger partial charge in [-0.05, 0) is 19.5 Å². The lowest BCUT2D eigenvalue weighted by atomic mass is 10.1. The van der Waals surface area contributed by atoms with E-state index in [0.29, 0.717) is 0 Å². The Morgan fingerprint density at radius 3 is 3.06 bits per heavy atom. The largest absolute Gasteiger partial charge is 0.374 e. The molecule has 0 spiro atoms. The van der Waals surface area contributed by atoms with Crippen molar-refractivity contribution in [3.63, 3.8) is 0 Å². The van der Waals surface area contributed by atoms with Gasteiger partial charge in [-0.25, -0.2) is 0 Å². The molecule has 2 N–H and O–H groups in total. The fourth-order valence-corrected chi connectivity index (χ4v) is 2.32. The normalized spacial score (nSPS) is 23.8. The summed E-state index contributed by atoms with van der Waals surface area (Å²) in [6.45, 7) is 8.83. The van der Waals surface area contributed by atoms with Gasteiger partial charge in [-0.1, -0.05) is 6.92 Å². The zero-order chi connectivity index (χ0) is 12.3. The topological polar surface area (TPSA) is 56.3 Å². The van der Waals surface area contributed by atoms with Crippen molar-refractivity contribution in [2.45, 2.75) is 32.5 Å². The van der Waals surface area contributed by atoms with Gasteiger partial charge >= 0.3 is 0 Å². The molecule has 96 valence electrons. The van der Waals surface area contributed by atoms with Crippen LogP contribution in [-0.4, -0.2) is 47.0 Å². The number of ether oxygens (including phenoxy) is 1. The Morgan fingerprint density at radius 1 is 1.53 bits per heavy atom. The maximum Gasteiger partial charge on any atom is 0.0910 e. The molecule has 1 saturated heterocycles. The van der Waals surface area contributed by atoms with Crippen LogP contribution in [0.2, 0.25) is 0 Å². The quantitative estimate of drug-likeness (QED) is 0.835. The number of likely N-dealkylation sites (N-methyl/N-ethyl adjacent to an activating group) is 1. The van der Waals surface area contributed by atoms with Crippen LogP contribution in [0.5, 0.6) is 0 Å². The van der Waals surface area contributed by atoms with Crippen molar-refractivity contribution >= 4 is 0 Å². The number of aromatic nitrogens is 2. The number of hydrogen-bond acceptors (Lipinski definition) is 4. The molecule has 17 heavy (non-hydrogen) atoms. The van der Waals surface area contributed by atoms with Crippen molar-refractivity contribution in [2.75, 3.05) is 26.2 Å². The van der Waals surface area contributed by atoms with Gasteiger partial charge in [0.05, 0.1) is 24.4 Å². The van der Waals surface area contributed by atoms with Gasteiger partial charge in [-0.15, -0.1) is 0 Å². The van der Waals surface area contributed by atoms with Crippen LogP contribution in [0.4, 0.5) is 0 Å². The van der Waals surface area contributed by atoms with Crippen molar-refractivity contribution in [1.29, 1.82) is 0 Å². The fraction of sp³-hybridized carbons (Fsp3) is 0.750. The molecular weight excluding hydrogens is 216 g/mol. The van der Waals surface area contributed by atoms with Crippen LogP contribution in [0.3, 0.4) is 0 Å². The van der Waals surface area contributed by atoms with E-state index in [9.17, 15) is 0 Å². The van der Waals surface area contributed by atoms with Gasteiger partial charge in [0.2, 0.25) is 0 Å². The molecule has 5 heteroatoms. The molecule has 2 atom stereocenters. The van der Waals surface area contributed by atoms with Crippen molar-refractivity contribution in [1.82, 2.24) is 14.7 Å². The minimum atomic E-state index is -0.0909. The van der Waals surface area contributed by atoms with Crippen LogP contribution < -0.4 is 5.73 Å². The Bertz CT molecular complexity index is 352. The number of nitrogens with two attached hydrogens (primary N) is 1. The van der Waals surface area contributed by atoms with Gasteiger partial charge < -0.3 is 10.5 Å². The average molecular weight is 238 g/mol. The first-order chi connectivity index (χ1) is 8.26. The molecule has 2 unspecified atom stereocenters. The molecule has 1 fully saturated rings. The summed E-state index contributed by atoms with van der Waals surface area (Å²) in [5, 5.41) is 4.26. The Hall–Kier alpha value is -0.910. The van der Waals surface area contributed by atoms with Crippen LogP contribution in [0.1, 0.15) is 25.6 Å². The van der Waals surface area contributed by atoms with E-state index in [1.54, 1.807) is 6.20 Å². The smallest absolute Gasteiger partial charge is 0.0910 e. The molecule has 0 saturated carbocycles. The van der Waals surface area contributed by atoms with E-state index in [0.717, 1.165) is 38.5 Å². The summed E-state index contributed by atoms with van der Waals surface area (Å²) in [5.74, 6) is 0. The van der Waals surface area contributed by atoms with E-state index in [1.807, 2.05) is 10.7 Å². The summed E-state index contributed by atoms with van der Waals surface area (Å²) in [6.07, 6.45) is 1.88.